The molecule has 1 amide bonds. The zero-order chi connectivity index (χ0) is 17.0. The van der Waals surface area contributed by atoms with Crippen LogP contribution in [0.25, 0.3) is 0 Å². The lowest BCUT2D eigenvalue weighted by atomic mass is 10.0. The van der Waals surface area contributed by atoms with Gasteiger partial charge in [-0.15, -0.1) is 0 Å². The van der Waals surface area contributed by atoms with Gasteiger partial charge in [-0.05, 0) is 31.9 Å². The topological polar surface area (TPSA) is 66.5 Å². The number of hydrogen-bond donors (Lipinski definition) is 1. The fourth-order valence-corrected chi connectivity index (χ4v) is 2.69. The van der Waals surface area contributed by atoms with Crippen LogP contribution in [0.4, 0.5) is 0 Å². The van der Waals surface area contributed by atoms with Crippen molar-refractivity contribution in [2.75, 3.05) is 12.8 Å². The van der Waals surface area contributed by atoms with Crippen LogP contribution < -0.4 is 5.32 Å². The Morgan fingerprint density at radius 1 is 1.32 bits per heavy atom. The molecule has 22 heavy (non-hydrogen) atoms. The second kappa shape index (κ2) is 7.44. The minimum Gasteiger partial charge on any atom is -0.350 e. The molecule has 1 rings (SSSR count). The van der Waals surface area contributed by atoms with Gasteiger partial charge in [-0.25, -0.2) is 8.42 Å². The predicted molar refractivity (Wildman–Crippen MR) is 89.2 cm³/mol. The quantitative estimate of drug-likeness (QED) is 0.824. The number of carbonyl (C=O) groups is 1. The zero-order valence-corrected chi connectivity index (χ0v) is 15.0. The van der Waals surface area contributed by atoms with Crippen molar-refractivity contribution in [2.45, 2.75) is 39.3 Å². The average molecular weight is 347 g/mol. The van der Waals surface area contributed by atoms with Crippen molar-refractivity contribution in [3.8, 4) is 0 Å². The highest BCUT2D eigenvalue weighted by Gasteiger charge is 2.24. The number of nitrogens with zero attached hydrogens (tertiary/aromatic N) is 1. The number of rotatable bonds is 7. The third-order valence-corrected chi connectivity index (χ3v) is 5.02. The molecule has 0 bridgehead atoms. The molecule has 0 fully saturated rings. The Hall–Kier alpha value is -1.11. The van der Waals surface area contributed by atoms with Gasteiger partial charge in [-0.3, -0.25) is 4.79 Å². The van der Waals surface area contributed by atoms with Crippen LogP contribution in [-0.4, -0.2) is 37.0 Å². The van der Waals surface area contributed by atoms with E-state index in [4.69, 9.17) is 11.6 Å². The van der Waals surface area contributed by atoms with E-state index in [1.165, 1.54) is 0 Å². The summed E-state index contributed by atoms with van der Waals surface area (Å²) >= 11 is 6.06. The lowest BCUT2D eigenvalue weighted by Gasteiger charge is -2.27. The maximum absolute atomic E-state index is 12.1. The van der Waals surface area contributed by atoms with Crippen molar-refractivity contribution in [1.29, 1.82) is 0 Å². The van der Waals surface area contributed by atoms with Gasteiger partial charge in [-0.2, -0.15) is 4.31 Å². The van der Waals surface area contributed by atoms with Crippen LogP contribution in [-0.2, 0) is 21.4 Å². The van der Waals surface area contributed by atoms with Crippen LogP contribution >= 0.6 is 11.6 Å². The van der Waals surface area contributed by atoms with E-state index < -0.39 is 10.0 Å². The number of nitrogens with one attached hydrogen (secondary N) is 1. The Morgan fingerprint density at radius 2 is 1.91 bits per heavy atom. The van der Waals surface area contributed by atoms with Crippen LogP contribution in [0.2, 0.25) is 5.02 Å². The van der Waals surface area contributed by atoms with Crippen molar-refractivity contribution in [1.82, 2.24) is 9.62 Å². The maximum atomic E-state index is 12.1. The SMILES string of the molecule is CCC(C)(C)NC(=O)CN(Cc1ccccc1Cl)S(C)(=O)=O. The highest BCUT2D eigenvalue weighted by atomic mass is 35.5. The fraction of sp³-hybridized carbons (Fsp3) is 0.533. The molecule has 1 N–H and O–H groups in total. The Balaban J connectivity index is 2.88. The van der Waals surface area contributed by atoms with Crippen molar-refractivity contribution < 1.29 is 13.2 Å². The molecule has 0 aliphatic heterocycles. The van der Waals surface area contributed by atoms with Crippen LogP contribution in [0.1, 0.15) is 32.8 Å². The van der Waals surface area contributed by atoms with Crippen LogP contribution in [0.5, 0.6) is 0 Å². The molecule has 0 aliphatic carbocycles. The number of hydrogen-bond acceptors (Lipinski definition) is 3. The van der Waals surface area contributed by atoms with E-state index in [-0.39, 0.29) is 24.5 Å². The smallest absolute Gasteiger partial charge is 0.235 e. The Bertz CT molecular complexity index is 629. The molecular weight excluding hydrogens is 324 g/mol. The molecule has 0 aromatic heterocycles. The van der Waals surface area contributed by atoms with E-state index in [2.05, 4.69) is 5.32 Å². The molecule has 0 atom stereocenters. The number of carbonyl (C=O) groups excluding carboxylic acids is 1. The molecule has 5 nitrogen and oxygen atoms in total. The third kappa shape index (κ3) is 5.94. The minimum atomic E-state index is -3.52. The van der Waals surface area contributed by atoms with Gasteiger partial charge in [-0.1, -0.05) is 36.7 Å². The molecule has 0 saturated heterocycles. The summed E-state index contributed by atoms with van der Waals surface area (Å²) in [7, 11) is -3.52. The molecule has 0 radical (unpaired) electrons. The number of amides is 1. The van der Waals surface area contributed by atoms with Crippen molar-refractivity contribution in [3.05, 3.63) is 34.9 Å². The summed E-state index contributed by atoms with van der Waals surface area (Å²) in [4.78, 5) is 12.1. The van der Waals surface area contributed by atoms with Gasteiger partial charge in [0.25, 0.3) is 0 Å². The first kappa shape index (κ1) is 18.9. The molecule has 124 valence electrons. The average Bonchev–Trinajstić information content (AvgIpc) is 2.38. The van der Waals surface area contributed by atoms with Gasteiger partial charge in [0.2, 0.25) is 15.9 Å². The van der Waals surface area contributed by atoms with Gasteiger partial charge in [0, 0.05) is 17.1 Å². The molecule has 0 aliphatic rings. The van der Waals surface area contributed by atoms with Crippen LogP contribution in [0.15, 0.2) is 24.3 Å². The molecule has 0 heterocycles. The summed E-state index contributed by atoms with van der Waals surface area (Å²) < 4.78 is 25.0. The molecular formula is C15H23ClN2O3S. The second-order valence-electron chi connectivity index (χ2n) is 5.91. The second-order valence-corrected chi connectivity index (χ2v) is 8.30. The van der Waals surface area contributed by atoms with Gasteiger partial charge in [0.1, 0.15) is 0 Å². The highest BCUT2D eigenvalue weighted by molar-refractivity contribution is 7.88. The summed E-state index contributed by atoms with van der Waals surface area (Å²) in [6.45, 7) is 5.58. The molecule has 0 spiro atoms. The molecule has 1 aromatic carbocycles. The molecule has 1 aromatic rings. The first-order valence-electron chi connectivity index (χ1n) is 7.04. The summed E-state index contributed by atoms with van der Waals surface area (Å²) in [5.74, 6) is -0.329. The van der Waals surface area contributed by atoms with E-state index in [0.29, 0.717) is 10.6 Å². The summed E-state index contributed by atoms with van der Waals surface area (Å²) in [5.41, 5.74) is 0.294. The molecule has 7 heteroatoms. The highest BCUT2D eigenvalue weighted by Crippen LogP contribution is 2.18. The van der Waals surface area contributed by atoms with Gasteiger partial charge >= 0.3 is 0 Å². The van der Waals surface area contributed by atoms with Gasteiger partial charge < -0.3 is 5.32 Å². The third-order valence-electron chi connectivity index (χ3n) is 3.46. The van der Waals surface area contributed by atoms with Crippen molar-refractivity contribution in [3.63, 3.8) is 0 Å². The Labute approximate surface area is 137 Å². The fourth-order valence-electron chi connectivity index (χ4n) is 1.77. The number of halogens is 1. The molecule has 0 unspecified atom stereocenters. The monoisotopic (exact) mass is 346 g/mol. The summed E-state index contributed by atoms with van der Waals surface area (Å²) in [5, 5.41) is 3.31. The Morgan fingerprint density at radius 3 is 2.41 bits per heavy atom. The lowest BCUT2D eigenvalue weighted by Crippen LogP contribution is -2.48. The maximum Gasteiger partial charge on any atom is 0.235 e. The van der Waals surface area contributed by atoms with Crippen LogP contribution in [0.3, 0.4) is 0 Å². The first-order chi connectivity index (χ1) is 10.0. The van der Waals surface area contributed by atoms with Gasteiger partial charge in [0.05, 0.1) is 12.8 Å². The predicted octanol–water partition coefficient (Wildman–Crippen LogP) is 2.41. The minimum absolute atomic E-state index is 0.0679. The van der Waals surface area contributed by atoms with E-state index >= 15 is 0 Å². The van der Waals surface area contributed by atoms with Crippen LogP contribution in [0, 0.1) is 0 Å². The van der Waals surface area contributed by atoms with Crippen molar-refractivity contribution >= 4 is 27.5 Å². The zero-order valence-electron chi connectivity index (χ0n) is 13.4. The summed E-state index contributed by atoms with van der Waals surface area (Å²) in [6, 6.07) is 6.99. The Kier molecular flexibility index (Phi) is 6.40. The molecule has 0 saturated carbocycles. The van der Waals surface area contributed by atoms with Gasteiger partial charge in [0.15, 0.2) is 0 Å². The summed E-state index contributed by atoms with van der Waals surface area (Å²) in [6.07, 6.45) is 1.84. The largest absolute Gasteiger partial charge is 0.350 e. The normalized spacial score (nSPS) is 12.5. The van der Waals surface area contributed by atoms with Crippen molar-refractivity contribution in [2.24, 2.45) is 0 Å². The number of benzene rings is 1. The van der Waals surface area contributed by atoms with E-state index in [9.17, 15) is 13.2 Å². The lowest BCUT2D eigenvalue weighted by molar-refractivity contribution is -0.123. The standard InChI is InChI=1S/C15H23ClN2O3S/c1-5-15(2,3)17-14(19)11-18(22(4,20)21)10-12-8-6-7-9-13(12)16/h6-9H,5,10-11H2,1-4H3,(H,17,19). The van der Waals surface area contributed by atoms with E-state index in [0.717, 1.165) is 17.0 Å². The van der Waals surface area contributed by atoms with E-state index in [1.54, 1.807) is 24.3 Å². The first-order valence-corrected chi connectivity index (χ1v) is 9.27. The van der Waals surface area contributed by atoms with E-state index in [1.807, 2.05) is 20.8 Å². The number of sulfonamides is 1.